The summed E-state index contributed by atoms with van der Waals surface area (Å²) in [6, 6.07) is 0.122. The van der Waals surface area contributed by atoms with Gasteiger partial charge in [0.2, 0.25) is 0 Å². The second kappa shape index (κ2) is 5.41. The van der Waals surface area contributed by atoms with E-state index in [1.807, 2.05) is 6.92 Å². The zero-order chi connectivity index (χ0) is 10.6. The number of aromatic nitrogens is 2. The van der Waals surface area contributed by atoms with Gasteiger partial charge in [0.1, 0.15) is 0 Å². The molecule has 0 aliphatic heterocycles. The Labute approximate surface area is 89.9 Å². The molecule has 14 heavy (non-hydrogen) atoms. The standard InChI is InChI=1S/C10H19N3S/c1-4-5-7(2)6-9(11)10-8(3)12-13-14-10/h7,9H,4-6,11H2,1-3H3. The van der Waals surface area contributed by atoms with Crippen molar-refractivity contribution in [3.05, 3.63) is 10.6 Å². The van der Waals surface area contributed by atoms with Gasteiger partial charge in [0.25, 0.3) is 0 Å². The Morgan fingerprint density at radius 3 is 2.71 bits per heavy atom. The van der Waals surface area contributed by atoms with Crippen LogP contribution in [0.25, 0.3) is 0 Å². The first-order chi connectivity index (χ1) is 6.65. The second-order valence-electron chi connectivity index (χ2n) is 3.96. The Kier molecular flexibility index (Phi) is 4.48. The molecule has 0 bridgehead atoms. The van der Waals surface area contributed by atoms with E-state index in [-0.39, 0.29) is 6.04 Å². The molecule has 1 heterocycles. The second-order valence-corrected chi connectivity index (χ2v) is 4.74. The molecule has 2 N–H and O–H groups in total. The lowest BCUT2D eigenvalue weighted by Crippen LogP contribution is -2.13. The van der Waals surface area contributed by atoms with Gasteiger partial charge in [-0.3, -0.25) is 0 Å². The van der Waals surface area contributed by atoms with Crippen LogP contribution in [0.4, 0.5) is 0 Å². The average Bonchev–Trinajstić information content (AvgIpc) is 2.51. The molecule has 0 saturated carbocycles. The largest absolute Gasteiger partial charge is 0.323 e. The van der Waals surface area contributed by atoms with Crippen LogP contribution in [0, 0.1) is 12.8 Å². The Hall–Kier alpha value is -0.480. The van der Waals surface area contributed by atoms with Gasteiger partial charge in [0.05, 0.1) is 10.6 Å². The summed E-state index contributed by atoms with van der Waals surface area (Å²) in [4.78, 5) is 1.15. The van der Waals surface area contributed by atoms with Crippen LogP contribution in [0.2, 0.25) is 0 Å². The van der Waals surface area contributed by atoms with Gasteiger partial charge in [-0.1, -0.05) is 31.2 Å². The first-order valence-corrected chi connectivity index (χ1v) is 5.96. The van der Waals surface area contributed by atoms with Crippen molar-refractivity contribution in [3.8, 4) is 0 Å². The zero-order valence-corrected chi connectivity index (χ0v) is 9.97. The van der Waals surface area contributed by atoms with Gasteiger partial charge in [0.15, 0.2) is 0 Å². The van der Waals surface area contributed by atoms with E-state index < -0.39 is 0 Å². The Morgan fingerprint density at radius 2 is 2.21 bits per heavy atom. The maximum atomic E-state index is 6.10. The van der Waals surface area contributed by atoms with Crippen LogP contribution in [0.15, 0.2) is 0 Å². The molecule has 2 atom stereocenters. The molecular weight excluding hydrogens is 194 g/mol. The summed E-state index contributed by atoms with van der Waals surface area (Å²) in [6.07, 6.45) is 3.52. The highest BCUT2D eigenvalue weighted by Crippen LogP contribution is 2.25. The molecule has 4 heteroatoms. The van der Waals surface area contributed by atoms with Crippen molar-refractivity contribution in [1.82, 2.24) is 9.59 Å². The molecule has 1 aromatic rings. The van der Waals surface area contributed by atoms with E-state index >= 15 is 0 Å². The Morgan fingerprint density at radius 1 is 1.50 bits per heavy atom. The smallest absolute Gasteiger partial charge is 0.0772 e. The van der Waals surface area contributed by atoms with Crippen LogP contribution in [-0.2, 0) is 0 Å². The Bertz CT molecular complexity index is 272. The van der Waals surface area contributed by atoms with E-state index in [2.05, 4.69) is 23.4 Å². The summed E-state index contributed by atoms with van der Waals surface area (Å²) in [7, 11) is 0. The Balaban J connectivity index is 2.50. The van der Waals surface area contributed by atoms with Crippen molar-refractivity contribution in [1.29, 1.82) is 0 Å². The summed E-state index contributed by atoms with van der Waals surface area (Å²) >= 11 is 1.43. The minimum atomic E-state index is 0.122. The third-order valence-corrected chi connectivity index (χ3v) is 3.42. The van der Waals surface area contributed by atoms with Crippen LogP contribution < -0.4 is 5.73 Å². The fourth-order valence-corrected chi connectivity index (χ4v) is 2.38. The highest BCUT2D eigenvalue weighted by atomic mass is 32.1. The monoisotopic (exact) mass is 213 g/mol. The number of rotatable bonds is 5. The molecule has 1 aromatic heterocycles. The minimum absolute atomic E-state index is 0.122. The minimum Gasteiger partial charge on any atom is -0.323 e. The highest BCUT2D eigenvalue weighted by Gasteiger charge is 2.15. The molecule has 0 amide bonds. The van der Waals surface area contributed by atoms with Gasteiger partial charge in [-0.15, -0.1) is 5.10 Å². The summed E-state index contributed by atoms with van der Waals surface area (Å²) < 4.78 is 3.91. The van der Waals surface area contributed by atoms with Gasteiger partial charge in [-0.2, -0.15) is 0 Å². The first kappa shape index (κ1) is 11.6. The third kappa shape index (κ3) is 3.03. The van der Waals surface area contributed by atoms with Crippen molar-refractivity contribution < 1.29 is 0 Å². The molecule has 0 aliphatic carbocycles. The van der Waals surface area contributed by atoms with Crippen LogP contribution in [0.3, 0.4) is 0 Å². The molecule has 0 fully saturated rings. The number of hydrogen-bond acceptors (Lipinski definition) is 4. The van der Waals surface area contributed by atoms with Crippen molar-refractivity contribution in [3.63, 3.8) is 0 Å². The lowest BCUT2D eigenvalue weighted by atomic mass is 9.96. The predicted octanol–water partition coefficient (Wildman–Crippen LogP) is 2.67. The summed E-state index contributed by atoms with van der Waals surface area (Å²) in [6.45, 7) is 6.44. The summed E-state index contributed by atoms with van der Waals surface area (Å²) in [5, 5.41) is 3.98. The van der Waals surface area contributed by atoms with Gasteiger partial charge in [-0.05, 0) is 30.8 Å². The number of nitrogens with zero attached hydrogens (tertiary/aromatic N) is 2. The van der Waals surface area contributed by atoms with Crippen LogP contribution in [0.5, 0.6) is 0 Å². The van der Waals surface area contributed by atoms with Gasteiger partial charge in [-0.25, -0.2) is 0 Å². The average molecular weight is 213 g/mol. The summed E-state index contributed by atoms with van der Waals surface area (Å²) in [5.41, 5.74) is 7.09. The van der Waals surface area contributed by atoms with Crippen molar-refractivity contribution in [2.24, 2.45) is 11.7 Å². The molecule has 0 saturated heterocycles. The zero-order valence-electron chi connectivity index (χ0n) is 9.16. The summed E-state index contributed by atoms with van der Waals surface area (Å²) in [5.74, 6) is 0.691. The SMILES string of the molecule is CCCC(C)CC(N)c1snnc1C. The normalized spacial score (nSPS) is 15.4. The number of aryl methyl sites for hydroxylation is 1. The molecule has 0 radical (unpaired) electrons. The molecule has 2 unspecified atom stereocenters. The van der Waals surface area contributed by atoms with E-state index in [0.29, 0.717) is 5.92 Å². The lowest BCUT2D eigenvalue weighted by Gasteiger charge is -2.15. The molecule has 80 valence electrons. The molecule has 1 rings (SSSR count). The van der Waals surface area contributed by atoms with Crippen molar-refractivity contribution in [2.45, 2.75) is 46.1 Å². The van der Waals surface area contributed by atoms with E-state index in [0.717, 1.165) is 17.0 Å². The van der Waals surface area contributed by atoms with Crippen molar-refractivity contribution in [2.75, 3.05) is 0 Å². The maximum Gasteiger partial charge on any atom is 0.0772 e. The molecular formula is C10H19N3S. The third-order valence-electron chi connectivity index (χ3n) is 2.46. The first-order valence-electron chi connectivity index (χ1n) is 5.19. The van der Waals surface area contributed by atoms with E-state index in [4.69, 9.17) is 5.73 Å². The topological polar surface area (TPSA) is 51.8 Å². The van der Waals surface area contributed by atoms with Crippen molar-refractivity contribution >= 4 is 11.5 Å². The maximum absolute atomic E-state index is 6.10. The highest BCUT2D eigenvalue weighted by molar-refractivity contribution is 7.05. The number of nitrogens with two attached hydrogens (primary N) is 1. The lowest BCUT2D eigenvalue weighted by molar-refractivity contribution is 0.442. The van der Waals surface area contributed by atoms with Crippen LogP contribution in [0.1, 0.15) is 49.7 Å². The van der Waals surface area contributed by atoms with Crippen LogP contribution >= 0.6 is 11.5 Å². The molecule has 3 nitrogen and oxygen atoms in total. The quantitative estimate of drug-likeness (QED) is 0.818. The van der Waals surface area contributed by atoms with Gasteiger partial charge >= 0.3 is 0 Å². The number of hydrogen-bond donors (Lipinski definition) is 1. The van der Waals surface area contributed by atoms with Gasteiger partial charge in [0, 0.05) is 6.04 Å². The predicted molar refractivity (Wildman–Crippen MR) is 60.3 cm³/mol. The molecule has 0 aromatic carbocycles. The van der Waals surface area contributed by atoms with Crippen LogP contribution in [-0.4, -0.2) is 9.59 Å². The van der Waals surface area contributed by atoms with E-state index in [1.165, 1.54) is 24.4 Å². The molecule has 0 spiro atoms. The fourth-order valence-electron chi connectivity index (χ4n) is 1.73. The van der Waals surface area contributed by atoms with E-state index in [9.17, 15) is 0 Å². The van der Waals surface area contributed by atoms with E-state index in [1.54, 1.807) is 0 Å². The molecule has 0 aliphatic rings. The van der Waals surface area contributed by atoms with Gasteiger partial charge < -0.3 is 5.73 Å². The fraction of sp³-hybridized carbons (Fsp3) is 0.800.